The van der Waals surface area contributed by atoms with Gasteiger partial charge in [0.1, 0.15) is 5.82 Å². The van der Waals surface area contributed by atoms with Crippen LogP contribution in [-0.4, -0.2) is 51.3 Å². The molecular weight excluding hydrogens is 586 g/mol. The van der Waals surface area contributed by atoms with E-state index in [4.69, 9.17) is 16.7 Å². The van der Waals surface area contributed by atoms with Crippen molar-refractivity contribution < 1.29 is 43.0 Å². The number of fused-ring (bicyclic) bond motifs is 4. The van der Waals surface area contributed by atoms with Crippen molar-refractivity contribution in [1.29, 1.82) is 0 Å². The van der Waals surface area contributed by atoms with Gasteiger partial charge in [-0.3, -0.25) is 28.9 Å². The number of aliphatic carboxylic acids is 1. The molecule has 4 amide bonds. The van der Waals surface area contributed by atoms with Crippen LogP contribution in [0, 0.1) is 40.7 Å². The number of carboxylic acid groups (broad SMARTS) is 1. The van der Waals surface area contributed by atoms with E-state index in [2.05, 4.69) is 0 Å². The molecule has 2 aliphatic carbocycles. The van der Waals surface area contributed by atoms with Crippen LogP contribution in [-0.2, 0) is 24.0 Å². The van der Waals surface area contributed by atoms with Gasteiger partial charge in [0.2, 0.25) is 23.6 Å². The predicted octanol–water partition coefficient (Wildman–Crippen LogP) is 4.42. The summed E-state index contributed by atoms with van der Waals surface area (Å²) in [5, 5.41) is 19.6. The maximum atomic E-state index is 14.8. The number of likely N-dealkylation sites (tertiary alicyclic amines) is 1. The number of amides is 4. The van der Waals surface area contributed by atoms with Gasteiger partial charge in [-0.2, -0.15) is 0 Å². The molecule has 2 heterocycles. The molecule has 0 bridgehead atoms. The van der Waals surface area contributed by atoms with Gasteiger partial charge in [-0.05, 0) is 56.4 Å². The highest BCUT2D eigenvalue weighted by atomic mass is 35.5. The molecule has 6 atom stereocenters. The Balaban J connectivity index is 1.47. The molecular formula is C31H27ClF2N2O7. The van der Waals surface area contributed by atoms with Crippen molar-refractivity contribution in [2.24, 2.45) is 29.1 Å². The molecule has 43 heavy (non-hydrogen) atoms. The van der Waals surface area contributed by atoms with E-state index in [9.17, 15) is 37.9 Å². The fraction of sp³-hybridized carbons (Fsp3) is 0.387. The zero-order valence-electron chi connectivity index (χ0n) is 22.9. The number of rotatable bonds is 6. The van der Waals surface area contributed by atoms with Crippen molar-refractivity contribution in [3.8, 4) is 5.75 Å². The second kappa shape index (κ2) is 10.3. The summed E-state index contributed by atoms with van der Waals surface area (Å²) in [6.45, 7) is 1.51. The quantitative estimate of drug-likeness (QED) is 0.365. The molecule has 2 aliphatic heterocycles. The number of allylic oxidation sites excluding steroid dienone is 2. The summed E-state index contributed by atoms with van der Waals surface area (Å²) in [6.07, 6.45) is 1.78. The molecule has 9 nitrogen and oxygen atoms in total. The number of phenolic OH excluding ortho intramolecular Hbond substituents is 1. The van der Waals surface area contributed by atoms with Crippen molar-refractivity contribution in [3.63, 3.8) is 0 Å². The molecule has 4 aliphatic rings. The number of aromatic hydroxyl groups is 1. The van der Waals surface area contributed by atoms with Crippen LogP contribution in [0.4, 0.5) is 14.5 Å². The first kappa shape index (κ1) is 29.0. The van der Waals surface area contributed by atoms with E-state index in [1.165, 1.54) is 24.3 Å². The predicted molar refractivity (Wildman–Crippen MR) is 148 cm³/mol. The number of hydrogen-bond donors (Lipinski definition) is 2. The average molecular weight is 613 g/mol. The highest BCUT2D eigenvalue weighted by Crippen LogP contribution is 2.64. The van der Waals surface area contributed by atoms with E-state index in [1.807, 2.05) is 0 Å². The molecule has 224 valence electrons. The molecule has 3 fully saturated rings. The molecule has 2 aromatic rings. The fourth-order valence-electron chi connectivity index (χ4n) is 7.67. The van der Waals surface area contributed by atoms with Crippen molar-refractivity contribution in [2.75, 3.05) is 11.4 Å². The number of nitrogens with zero attached hydrogens (tertiary/aromatic N) is 2. The van der Waals surface area contributed by atoms with Gasteiger partial charge in [-0.15, -0.1) is 0 Å². The lowest BCUT2D eigenvalue weighted by molar-refractivity contribution is -0.142. The molecule has 6 rings (SSSR count). The Morgan fingerprint density at radius 3 is 2.49 bits per heavy atom. The number of benzene rings is 2. The second-order valence-corrected chi connectivity index (χ2v) is 12.2. The van der Waals surface area contributed by atoms with Gasteiger partial charge in [0.15, 0.2) is 11.6 Å². The maximum absolute atomic E-state index is 14.8. The van der Waals surface area contributed by atoms with Gasteiger partial charge in [0, 0.05) is 24.4 Å². The Morgan fingerprint density at radius 2 is 1.79 bits per heavy atom. The van der Waals surface area contributed by atoms with Crippen molar-refractivity contribution in [3.05, 3.63) is 70.3 Å². The lowest BCUT2D eigenvalue weighted by Crippen LogP contribution is -2.49. The topological polar surface area (TPSA) is 132 Å². The second-order valence-electron chi connectivity index (χ2n) is 11.8. The molecule has 0 aromatic heterocycles. The largest absolute Gasteiger partial charge is 0.505 e. The van der Waals surface area contributed by atoms with Crippen molar-refractivity contribution >= 4 is 46.9 Å². The Labute approximate surface area is 249 Å². The number of imide groups is 2. The Kier molecular flexibility index (Phi) is 6.91. The zero-order valence-corrected chi connectivity index (χ0v) is 23.7. The van der Waals surface area contributed by atoms with Crippen LogP contribution in [0.5, 0.6) is 5.75 Å². The number of halogens is 3. The third kappa shape index (κ3) is 4.19. The lowest BCUT2D eigenvalue weighted by Gasteiger charge is -2.49. The van der Waals surface area contributed by atoms with Crippen LogP contribution in [0.2, 0.25) is 5.02 Å². The maximum Gasteiger partial charge on any atom is 0.303 e. The van der Waals surface area contributed by atoms with E-state index < -0.39 is 82.0 Å². The smallest absolute Gasteiger partial charge is 0.303 e. The minimum absolute atomic E-state index is 0.0219. The van der Waals surface area contributed by atoms with Gasteiger partial charge < -0.3 is 10.2 Å². The van der Waals surface area contributed by atoms with Crippen LogP contribution >= 0.6 is 11.6 Å². The molecule has 1 saturated carbocycles. The van der Waals surface area contributed by atoms with Gasteiger partial charge >= 0.3 is 5.97 Å². The number of carbonyl (C=O) groups excluding carboxylic acids is 4. The Morgan fingerprint density at radius 1 is 1.05 bits per heavy atom. The van der Waals surface area contributed by atoms with Crippen LogP contribution in [0.1, 0.15) is 44.1 Å². The van der Waals surface area contributed by atoms with Gasteiger partial charge in [0.25, 0.3) is 0 Å². The van der Waals surface area contributed by atoms with E-state index in [1.54, 1.807) is 13.0 Å². The highest BCUT2D eigenvalue weighted by Gasteiger charge is 2.68. The number of phenols is 1. The Hall–Kier alpha value is -4.12. The summed E-state index contributed by atoms with van der Waals surface area (Å²) in [4.78, 5) is 68.4. The van der Waals surface area contributed by atoms with Crippen LogP contribution in [0.3, 0.4) is 0 Å². The normalized spacial score (nSPS) is 29.9. The van der Waals surface area contributed by atoms with E-state index in [0.717, 1.165) is 21.9 Å². The standard InChI is InChI=1S/C31H27ClF2N2O7/c1-31-19(28(41)36(30(31)43)14-7-10-21(33)20(32)12-14)13-18-15(25(31)17-4-2-5-22(34)26(17)39)8-9-16-24(18)29(42)35(27(16)40)11-3-6-23(37)38/h2,4-5,7-8,10,12,16,18-19,24-25,39H,3,6,9,11,13H2,1H3,(H,37,38)/t16-,18+,19-,24-,25+,31+/m0/s1. The zero-order chi connectivity index (χ0) is 31.0. The third-order valence-corrected chi connectivity index (χ3v) is 9.92. The Bertz CT molecular complexity index is 1640. The minimum Gasteiger partial charge on any atom is -0.505 e. The first-order valence-electron chi connectivity index (χ1n) is 14.0. The molecule has 0 unspecified atom stereocenters. The third-order valence-electron chi connectivity index (χ3n) is 9.63. The van der Waals surface area contributed by atoms with Crippen LogP contribution in [0.15, 0.2) is 48.0 Å². The van der Waals surface area contributed by atoms with E-state index in [0.29, 0.717) is 5.57 Å². The molecule has 2 aromatic carbocycles. The molecule has 2 saturated heterocycles. The number of carboxylic acids is 1. The summed E-state index contributed by atoms with van der Waals surface area (Å²) >= 11 is 5.98. The van der Waals surface area contributed by atoms with Crippen molar-refractivity contribution in [1.82, 2.24) is 4.90 Å². The van der Waals surface area contributed by atoms with Gasteiger partial charge in [-0.25, -0.2) is 13.7 Å². The molecule has 0 spiro atoms. The van der Waals surface area contributed by atoms with Crippen LogP contribution < -0.4 is 4.90 Å². The summed E-state index contributed by atoms with van der Waals surface area (Å²) in [6, 6.07) is 7.36. The molecule has 0 radical (unpaired) electrons. The summed E-state index contributed by atoms with van der Waals surface area (Å²) in [5.41, 5.74) is -0.872. The number of carbonyl (C=O) groups is 5. The number of anilines is 1. The fourth-order valence-corrected chi connectivity index (χ4v) is 7.84. The van der Waals surface area contributed by atoms with Crippen molar-refractivity contribution in [2.45, 2.75) is 38.5 Å². The first-order chi connectivity index (χ1) is 20.4. The monoisotopic (exact) mass is 612 g/mol. The summed E-state index contributed by atoms with van der Waals surface area (Å²) in [7, 11) is 0. The number of para-hydroxylation sites is 1. The number of hydrogen-bond acceptors (Lipinski definition) is 6. The van der Waals surface area contributed by atoms with Gasteiger partial charge in [-0.1, -0.05) is 35.4 Å². The summed E-state index contributed by atoms with van der Waals surface area (Å²) < 4.78 is 28.7. The average Bonchev–Trinajstić information content (AvgIpc) is 3.31. The SMILES string of the molecule is C[C@@]12C(=O)N(c3ccc(F)c(Cl)c3)C(=O)[C@@H]1C[C@@H]1C(=CC[C@@H]3C(=O)N(CCCC(=O)O)C(=O)[C@@H]31)[C@@H]2c1cccc(F)c1O. The first-order valence-corrected chi connectivity index (χ1v) is 14.3. The summed E-state index contributed by atoms with van der Waals surface area (Å²) in [5.74, 6) is -9.98. The van der Waals surface area contributed by atoms with Gasteiger partial charge in [0.05, 0.1) is 33.9 Å². The van der Waals surface area contributed by atoms with Crippen LogP contribution in [0.25, 0.3) is 0 Å². The lowest BCUT2D eigenvalue weighted by atomic mass is 9.51. The highest BCUT2D eigenvalue weighted by molar-refractivity contribution is 6.31. The minimum atomic E-state index is -1.54. The van der Waals surface area contributed by atoms with E-state index >= 15 is 0 Å². The molecule has 2 N–H and O–H groups in total. The molecule has 12 heteroatoms. The van der Waals surface area contributed by atoms with E-state index in [-0.39, 0.29) is 48.5 Å².